The molecule has 1 aliphatic heterocycles. The molecule has 0 aromatic heterocycles. The van der Waals surface area contributed by atoms with Crippen LogP contribution in [0.15, 0.2) is 42.5 Å². The van der Waals surface area contributed by atoms with Gasteiger partial charge in [0.2, 0.25) is 0 Å². The monoisotopic (exact) mass is 391 g/mol. The normalized spacial score (nSPS) is 20.0. The standard InChI is InChI=1S/C22H29NO3.ClH/c1-15-14-17(7-13-21(15)26-3)22(24)20-12-9-18(23-20)8-4-16-5-10-19(25-2)11-6-16;/h5-7,10-11,13-14,18,20,22-24H,4,8-9,12H2,1-3H3;1H. The number of benzene rings is 2. The van der Waals surface area contributed by atoms with Crippen LogP contribution in [0.25, 0.3) is 0 Å². The molecule has 0 amide bonds. The molecule has 5 heteroatoms. The summed E-state index contributed by atoms with van der Waals surface area (Å²) < 4.78 is 10.5. The molecule has 1 heterocycles. The number of aliphatic hydroxyl groups is 1. The molecule has 1 saturated heterocycles. The molecule has 2 aromatic rings. The molecule has 1 aliphatic rings. The molecule has 0 radical (unpaired) electrons. The summed E-state index contributed by atoms with van der Waals surface area (Å²) in [5.41, 5.74) is 3.33. The SMILES string of the molecule is COc1ccc(CCC2CCC(C(O)c3ccc(OC)c(C)c3)N2)cc1.Cl. The maximum atomic E-state index is 10.8. The summed E-state index contributed by atoms with van der Waals surface area (Å²) in [6.45, 7) is 2.01. The van der Waals surface area contributed by atoms with E-state index in [1.807, 2.05) is 37.3 Å². The summed E-state index contributed by atoms with van der Waals surface area (Å²) >= 11 is 0. The van der Waals surface area contributed by atoms with Crippen LogP contribution in [-0.4, -0.2) is 31.4 Å². The number of ether oxygens (including phenoxy) is 2. The molecule has 3 unspecified atom stereocenters. The summed E-state index contributed by atoms with van der Waals surface area (Å²) in [6, 6.07) is 14.8. The summed E-state index contributed by atoms with van der Waals surface area (Å²) in [6.07, 6.45) is 3.74. The first-order valence-electron chi connectivity index (χ1n) is 9.32. The zero-order valence-electron chi connectivity index (χ0n) is 16.3. The number of aryl methyl sites for hydroxylation is 2. The third-order valence-corrected chi connectivity index (χ3v) is 5.36. The first-order valence-corrected chi connectivity index (χ1v) is 9.32. The molecule has 0 bridgehead atoms. The van der Waals surface area contributed by atoms with Crippen molar-refractivity contribution >= 4 is 12.4 Å². The van der Waals surface area contributed by atoms with Crippen LogP contribution in [0.1, 0.15) is 42.1 Å². The van der Waals surface area contributed by atoms with Crippen LogP contribution in [0.2, 0.25) is 0 Å². The van der Waals surface area contributed by atoms with Crippen LogP contribution < -0.4 is 14.8 Å². The molecular weight excluding hydrogens is 362 g/mol. The minimum Gasteiger partial charge on any atom is -0.497 e. The van der Waals surface area contributed by atoms with Gasteiger partial charge >= 0.3 is 0 Å². The van der Waals surface area contributed by atoms with Crippen molar-refractivity contribution in [1.82, 2.24) is 5.32 Å². The molecular formula is C22H30ClNO3. The maximum Gasteiger partial charge on any atom is 0.121 e. The number of hydrogen-bond donors (Lipinski definition) is 2. The second kappa shape index (κ2) is 9.98. The minimum atomic E-state index is -0.481. The Morgan fingerprint density at radius 2 is 1.81 bits per heavy atom. The smallest absolute Gasteiger partial charge is 0.121 e. The lowest BCUT2D eigenvalue weighted by Crippen LogP contribution is -2.34. The van der Waals surface area contributed by atoms with Crippen molar-refractivity contribution < 1.29 is 14.6 Å². The second-order valence-electron chi connectivity index (χ2n) is 7.11. The third-order valence-electron chi connectivity index (χ3n) is 5.36. The Kier molecular flexibility index (Phi) is 7.96. The summed E-state index contributed by atoms with van der Waals surface area (Å²) in [7, 11) is 3.36. The van der Waals surface area contributed by atoms with Crippen LogP contribution in [0, 0.1) is 6.92 Å². The number of rotatable bonds is 7. The van der Waals surface area contributed by atoms with Crippen LogP contribution in [0.4, 0.5) is 0 Å². The highest BCUT2D eigenvalue weighted by molar-refractivity contribution is 5.85. The van der Waals surface area contributed by atoms with Gasteiger partial charge < -0.3 is 19.9 Å². The maximum absolute atomic E-state index is 10.8. The molecule has 4 nitrogen and oxygen atoms in total. The molecule has 0 spiro atoms. The van der Waals surface area contributed by atoms with Gasteiger partial charge in [0.15, 0.2) is 0 Å². The number of methoxy groups -OCH3 is 2. The first-order chi connectivity index (χ1) is 12.6. The Bertz CT molecular complexity index is 720. The van der Waals surface area contributed by atoms with Crippen molar-refractivity contribution in [1.29, 1.82) is 0 Å². The van der Waals surface area contributed by atoms with E-state index in [2.05, 4.69) is 17.4 Å². The van der Waals surface area contributed by atoms with E-state index in [1.165, 1.54) is 5.56 Å². The van der Waals surface area contributed by atoms with Crippen molar-refractivity contribution in [2.24, 2.45) is 0 Å². The Morgan fingerprint density at radius 1 is 1.07 bits per heavy atom. The zero-order valence-corrected chi connectivity index (χ0v) is 17.1. The van der Waals surface area contributed by atoms with Gasteiger partial charge in [0.05, 0.1) is 20.3 Å². The van der Waals surface area contributed by atoms with E-state index in [-0.39, 0.29) is 18.4 Å². The zero-order chi connectivity index (χ0) is 18.5. The molecule has 1 fully saturated rings. The molecule has 2 aromatic carbocycles. The van der Waals surface area contributed by atoms with Crippen molar-refractivity contribution in [2.45, 2.75) is 50.8 Å². The van der Waals surface area contributed by atoms with Gasteiger partial charge in [-0.3, -0.25) is 0 Å². The number of halogens is 1. The van der Waals surface area contributed by atoms with Gasteiger partial charge in [-0.15, -0.1) is 12.4 Å². The van der Waals surface area contributed by atoms with E-state index >= 15 is 0 Å². The Labute approximate surface area is 168 Å². The third kappa shape index (κ3) is 5.38. The highest BCUT2D eigenvalue weighted by Crippen LogP contribution is 2.29. The van der Waals surface area contributed by atoms with Gasteiger partial charge in [-0.1, -0.05) is 18.2 Å². The van der Waals surface area contributed by atoms with Gasteiger partial charge in [-0.05, 0) is 73.6 Å². The summed E-state index contributed by atoms with van der Waals surface area (Å²) in [5.74, 6) is 1.75. The van der Waals surface area contributed by atoms with Crippen molar-refractivity contribution in [3.63, 3.8) is 0 Å². The lowest BCUT2D eigenvalue weighted by atomic mass is 9.99. The topological polar surface area (TPSA) is 50.7 Å². The molecule has 2 N–H and O–H groups in total. The molecule has 27 heavy (non-hydrogen) atoms. The molecule has 148 valence electrons. The molecule has 0 aliphatic carbocycles. The van der Waals surface area contributed by atoms with Gasteiger partial charge in [0.1, 0.15) is 11.5 Å². The second-order valence-corrected chi connectivity index (χ2v) is 7.11. The Balaban J connectivity index is 0.00000261. The van der Waals surface area contributed by atoms with Crippen LogP contribution >= 0.6 is 12.4 Å². The van der Waals surface area contributed by atoms with Crippen LogP contribution in [-0.2, 0) is 6.42 Å². The fourth-order valence-electron chi connectivity index (χ4n) is 3.78. The minimum absolute atomic E-state index is 0. The summed E-state index contributed by atoms with van der Waals surface area (Å²) in [4.78, 5) is 0. The van der Waals surface area contributed by atoms with Crippen molar-refractivity contribution in [3.05, 3.63) is 59.2 Å². The molecule has 3 atom stereocenters. The lowest BCUT2D eigenvalue weighted by molar-refractivity contribution is 0.134. The predicted octanol–water partition coefficient (Wildman–Crippen LogP) is 4.22. The fourth-order valence-corrected chi connectivity index (χ4v) is 3.78. The van der Waals surface area contributed by atoms with Crippen LogP contribution in [0.3, 0.4) is 0 Å². The number of nitrogens with one attached hydrogen (secondary N) is 1. The van der Waals surface area contributed by atoms with E-state index in [0.29, 0.717) is 6.04 Å². The van der Waals surface area contributed by atoms with Gasteiger partial charge in [-0.25, -0.2) is 0 Å². The van der Waals surface area contributed by atoms with E-state index < -0.39 is 6.10 Å². The predicted molar refractivity (Wildman–Crippen MR) is 111 cm³/mol. The largest absolute Gasteiger partial charge is 0.497 e. The fraction of sp³-hybridized carbons (Fsp3) is 0.455. The lowest BCUT2D eigenvalue weighted by Gasteiger charge is -2.21. The average molecular weight is 392 g/mol. The highest BCUT2D eigenvalue weighted by Gasteiger charge is 2.29. The van der Waals surface area contributed by atoms with Gasteiger partial charge in [0, 0.05) is 12.1 Å². The number of aliphatic hydroxyl groups excluding tert-OH is 1. The van der Waals surface area contributed by atoms with Crippen molar-refractivity contribution in [3.8, 4) is 11.5 Å². The Morgan fingerprint density at radius 3 is 2.44 bits per heavy atom. The van der Waals surface area contributed by atoms with Gasteiger partial charge in [0.25, 0.3) is 0 Å². The van der Waals surface area contributed by atoms with Crippen LogP contribution in [0.5, 0.6) is 11.5 Å². The average Bonchev–Trinajstić information content (AvgIpc) is 3.15. The Hall–Kier alpha value is -1.75. The highest BCUT2D eigenvalue weighted by atomic mass is 35.5. The number of hydrogen-bond acceptors (Lipinski definition) is 4. The van der Waals surface area contributed by atoms with Gasteiger partial charge in [-0.2, -0.15) is 0 Å². The van der Waals surface area contributed by atoms with E-state index in [9.17, 15) is 5.11 Å². The molecule has 3 rings (SSSR count). The quantitative estimate of drug-likeness (QED) is 0.741. The van der Waals surface area contributed by atoms with E-state index in [1.54, 1.807) is 14.2 Å². The van der Waals surface area contributed by atoms with E-state index in [0.717, 1.165) is 48.3 Å². The summed E-state index contributed by atoms with van der Waals surface area (Å²) in [5, 5.41) is 14.4. The van der Waals surface area contributed by atoms with Crippen molar-refractivity contribution in [2.75, 3.05) is 14.2 Å². The molecule has 0 saturated carbocycles. The van der Waals surface area contributed by atoms with E-state index in [4.69, 9.17) is 9.47 Å². The first kappa shape index (κ1) is 21.5.